The molecular formula is C14H12FNO2. The number of nitrogens with zero attached hydrogens (tertiary/aromatic N) is 1. The standard InChI is InChI=1S/C14H12FNO2/c1-18-13-4-2-3-11(14(13)15)12(17)9-10-5-7-16-8-6-10/h2-8H,9H2,1H3. The van der Waals surface area contributed by atoms with E-state index in [2.05, 4.69) is 4.98 Å². The topological polar surface area (TPSA) is 39.2 Å². The lowest BCUT2D eigenvalue weighted by molar-refractivity contribution is 0.0988. The Hall–Kier alpha value is -2.23. The fourth-order valence-corrected chi connectivity index (χ4v) is 1.67. The van der Waals surface area contributed by atoms with Crippen molar-refractivity contribution in [1.82, 2.24) is 4.98 Å². The Kier molecular flexibility index (Phi) is 3.67. The summed E-state index contributed by atoms with van der Waals surface area (Å²) in [6.45, 7) is 0. The summed E-state index contributed by atoms with van der Waals surface area (Å²) in [5, 5.41) is 0. The number of pyridine rings is 1. The quantitative estimate of drug-likeness (QED) is 0.777. The van der Waals surface area contributed by atoms with Crippen LogP contribution in [0.25, 0.3) is 0 Å². The molecule has 0 atom stereocenters. The van der Waals surface area contributed by atoms with Gasteiger partial charge in [0.25, 0.3) is 0 Å². The smallest absolute Gasteiger partial charge is 0.175 e. The van der Waals surface area contributed by atoms with Crippen LogP contribution in [-0.2, 0) is 6.42 Å². The van der Waals surface area contributed by atoms with Gasteiger partial charge in [0.2, 0.25) is 0 Å². The molecule has 1 aromatic heterocycles. The molecule has 92 valence electrons. The predicted molar refractivity (Wildman–Crippen MR) is 65.2 cm³/mol. The number of rotatable bonds is 4. The summed E-state index contributed by atoms with van der Waals surface area (Å²) in [4.78, 5) is 15.9. The van der Waals surface area contributed by atoms with E-state index in [0.29, 0.717) is 0 Å². The first-order valence-electron chi connectivity index (χ1n) is 5.47. The third-order valence-corrected chi connectivity index (χ3v) is 2.60. The largest absolute Gasteiger partial charge is 0.494 e. The first-order chi connectivity index (χ1) is 8.72. The molecule has 0 aliphatic heterocycles. The van der Waals surface area contributed by atoms with Crippen molar-refractivity contribution >= 4 is 5.78 Å². The number of hydrogen-bond donors (Lipinski definition) is 0. The highest BCUT2D eigenvalue weighted by atomic mass is 19.1. The zero-order chi connectivity index (χ0) is 13.0. The minimum absolute atomic E-state index is 0.0474. The number of hydrogen-bond acceptors (Lipinski definition) is 3. The van der Waals surface area contributed by atoms with Crippen LogP contribution in [0.4, 0.5) is 4.39 Å². The number of Topliss-reactive ketones (excluding diaryl/α,β-unsaturated/α-hetero) is 1. The van der Waals surface area contributed by atoms with E-state index in [0.717, 1.165) is 5.56 Å². The van der Waals surface area contributed by atoms with Crippen LogP contribution < -0.4 is 4.74 Å². The second-order valence-electron chi connectivity index (χ2n) is 3.78. The van der Waals surface area contributed by atoms with E-state index in [-0.39, 0.29) is 23.5 Å². The second kappa shape index (κ2) is 5.40. The Morgan fingerprint density at radius 1 is 1.28 bits per heavy atom. The minimum atomic E-state index is -0.612. The number of ether oxygens (including phenoxy) is 1. The van der Waals surface area contributed by atoms with Crippen molar-refractivity contribution in [1.29, 1.82) is 0 Å². The number of methoxy groups -OCH3 is 1. The van der Waals surface area contributed by atoms with Gasteiger partial charge in [-0.15, -0.1) is 0 Å². The van der Waals surface area contributed by atoms with E-state index in [1.807, 2.05) is 0 Å². The molecule has 1 aromatic carbocycles. The van der Waals surface area contributed by atoms with Crippen molar-refractivity contribution in [2.45, 2.75) is 6.42 Å². The fraction of sp³-hybridized carbons (Fsp3) is 0.143. The Morgan fingerprint density at radius 2 is 2.00 bits per heavy atom. The van der Waals surface area contributed by atoms with Crippen molar-refractivity contribution in [3.8, 4) is 5.75 Å². The van der Waals surface area contributed by atoms with Gasteiger partial charge in [0.1, 0.15) is 0 Å². The molecule has 1 heterocycles. The van der Waals surface area contributed by atoms with E-state index in [9.17, 15) is 9.18 Å². The lowest BCUT2D eigenvalue weighted by Gasteiger charge is -2.06. The summed E-state index contributed by atoms with van der Waals surface area (Å²) in [6.07, 6.45) is 3.35. The molecule has 0 aliphatic rings. The van der Waals surface area contributed by atoms with Crippen LogP contribution >= 0.6 is 0 Å². The van der Waals surface area contributed by atoms with Gasteiger partial charge in [-0.2, -0.15) is 0 Å². The lowest BCUT2D eigenvalue weighted by Crippen LogP contribution is -2.07. The molecule has 0 saturated heterocycles. The maximum Gasteiger partial charge on any atom is 0.175 e. The molecule has 18 heavy (non-hydrogen) atoms. The maximum absolute atomic E-state index is 13.9. The van der Waals surface area contributed by atoms with Crippen molar-refractivity contribution in [2.24, 2.45) is 0 Å². The van der Waals surface area contributed by atoms with Crippen LogP contribution in [-0.4, -0.2) is 17.9 Å². The monoisotopic (exact) mass is 245 g/mol. The van der Waals surface area contributed by atoms with Crippen molar-refractivity contribution < 1.29 is 13.9 Å². The molecule has 0 spiro atoms. The van der Waals surface area contributed by atoms with E-state index in [1.165, 1.54) is 19.2 Å². The van der Waals surface area contributed by atoms with Crippen molar-refractivity contribution in [2.75, 3.05) is 7.11 Å². The van der Waals surface area contributed by atoms with Crippen LogP contribution in [0, 0.1) is 5.82 Å². The summed E-state index contributed by atoms with van der Waals surface area (Å²) in [5.41, 5.74) is 0.850. The molecule has 4 heteroatoms. The van der Waals surface area contributed by atoms with Crippen LogP contribution in [0.1, 0.15) is 15.9 Å². The van der Waals surface area contributed by atoms with Crippen LogP contribution in [0.3, 0.4) is 0 Å². The molecule has 0 radical (unpaired) electrons. The normalized spacial score (nSPS) is 10.1. The zero-order valence-electron chi connectivity index (χ0n) is 9.89. The zero-order valence-corrected chi connectivity index (χ0v) is 9.89. The van der Waals surface area contributed by atoms with Crippen LogP contribution in [0.5, 0.6) is 5.75 Å². The highest BCUT2D eigenvalue weighted by molar-refractivity contribution is 5.98. The third-order valence-electron chi connectivity index (χ3n) is 2.60. The molecular weight excluding hydrogens is 233 g/mol. The molecule has 2 rings (SSSR count). The SMILES string of the molecule is COc1cccc(C(=O)Cc2ccncc2)c1F. The van der Waals surface area contributed by atoms with Gasteiger partial charge in [0.15, 0.2) is 17.3 Å². The van der Waals surface area contributed by atoms with Crippen molar-refractivity contribution in [3.05, 3.63) is 59.7 Å². The van der Waals surface area contributed by atoms with Gasteiger partial charge in [-0.25, -0.2) is 4.39 Å². The van der Waals surface area contributed by atoms with Gasteiger partial charge in [-0.1, -0.05) is 6.07 Å². The average molecular weight is 245 g/mol. The summed E-state index contributed by atoms with van der Waals surface area (Å²) in [7, 11) is 1.37. The molecule has 0 aliphatic carbocycles. The van der Waals surface area contributed by atoms with Crippen LogP contribution in [0.15, 0.2) is 42.7 Å². The lowest BCUT2D eigenvalue weighted by atomic mass is 10.0. The Labute approximate surface area is 104 Å². The van der Waals surface area contributed by atoms with Crippen molar-refractivity contribution in [3.63, 3.8) is 0 Å². The first-order valence-corrected chi connectivity index (χ1v) is 5.47. The van der Waals surface area contributed by atoms with Gasteiger partial charge in [0.05, 0.1) is 12.7 Å². The minimum Gasteiger partial charge on any atom is -0.494 e. The summed E-state index contributed by atoms with van der Waals surface area (Å²) in [6, 6.07) is 8.01. The molecule has 0 N–H and O–H groups in total. The van der Waals surface area contributed by atoms with E-state index in [4.69, 9.17) is 4.74 Å². The molecule has 0 bridgehead atoms. The number of ketones is 1. The predicted octanol–water partition coefficient (Wildman–Crippen LogP) is 2.65. The fourth-order valence-electron chi connectivity index (χ4n) is 1.67. The van der Waals surface area contributed by atoms with E-state index < -0.39 is 5.82 Å². The summed E-state index contributed by atoms with van der Waals surface area (Å²) >= 11 is 0. The first kappa shape index (κ1) is 12.2. The average Bonchev–Trinajstić information content (AvgIpc) is 2.40. The van der Waals surface area contributed by atoms with Crippen LogP contribution in [0.2, 0.25) is 0 Å². The summed E-state index contributed by atoms with van der Waals surface area (Å²) in [5.74, 6) is -0.813. The highest BCUT2D eigenvalue weighted by Gasteiger charge is 2.15. The number of carbonyl (C=O) groups is 1. The number of aromatic nitrogens is 1. The van der Waals surface area contributed by atoms with Gasteiger partial charge in [-0.3, -0.25) is 9.78 Å². The van der Waals surface area contributed by atoms with Gasteiger partial charge < -0.3 is 4.74 Å². The molecule has 3 nitrogen and oxygen atoms in total. The number of carbonyl (C=O) groups excluding carboxylic acids is 1. The van der Waals surface area contributed by atoms with Gasteiger partial charge in [0, 0.05) is 18.8 Å². The third kappa shape index (κ3) is 2.53. The number of halogens is 1. The molecule has 0 fully saturated rings. The van der Waals surface area contributed by atoms with Gasteiger partial charge in [-0.05, 0) is 29.8 Å². The highest BCUT2D eigenvalue weighted by Crippen LogP contribution is 2.21. The summed E-state index contributed by atoms with van der Waals surface area (Å²) < 4.78 is 18.7. The van der Waals surface area contributed by atoms with E-state index in [1.54, 1.807) is 30.6 Å². The Balaban J connectivity index is 2.24. The molecule has 0 unspecified atom stereocenters. The Bertz CT molecular complexity index is 555. The van der Waals surface area contributed by atoms with E-state index >= 15 is 0 Å². The molecule has 0 saturated carbocycles. The number of benzene rings is 1. The molecule has 2 aromatic rings. The van der Waals surface area contributed by atoms with Gasteiger partial charge >= 0.3 is 0 Å². The second-order valence-corrected chi connectivity index (χ2v) is 3.78. The maximum atomic E-state index is 13.9. The molecule has 0 amide bonds. The Morgan fingerprint density at radius 3 is 2.67 bits per heavy atom.